The van der Waals surface area contributed by atoms with E-state index in [0.717, 1.165) is 0 Å². The van der Waals surface area contributed by atoms with Gasteiger partial charge >= 0.3 is 29.5 Å². The molecule has 0 N–H and O–H groups in total. The Balaban J connectivity index is 2.02. The number of nitro benzene ring substituents is 1. The topological polar surface area (TPSA) is 173 Å². The molecule has 2 aromatic rings. The van der Waals surface area contributed by atoms with Gasteiger partial charge < -0.3 is 14.2 Å². The third kappa shape index (κ3) is 5.42. The average molecular weight is 530 g/mol. The number of alkyl halides is 3. The number of hydrogen-bond donors (Lipinski definition) is 0. The van der Waals surface area contributed by atoms with Crippen LogP contribution < -0.4 is 16.0 Å². The zero-order valence-corrected chi connectivity index (χ0v) is 18.5. The summed E-state index contributed by atoms with van der Waals surface area (Å²) >= 11 is 0. The molecule has 0 radical (unpaired) electrons. The quantitative estimate of drug-likeness (QED) is 0.208. The highest BCUT2D eigenvalue weighted by Crippen LogP contribution is 2.44. The molecule has 1 aromatic carbocycles. The van der Waals surface area contributed by atoms with Crippen molar-refractivity contribution >= 4 is 17.6 Å². The summed E-state index contributed by atoms with van der Waals surface area (Å²) in [4.78, 5) is 59.0. The lowest BCUT2D eigenvalue weighted by Crippen LogP contribution is -2.41. The normalized spacial score (nSPS) is 13.8. The molecule has 1 aromatic heterocycles. The van der Waals surface area contributed by atoms with Gasteiger partial charge in [-0.25, -0.2) is 23.3 Å². The molecule has 0 unspecified atom stereocenters. The molecule has 0 amide bonds. The molecule has 0 atom stereocenters. The minimum Gasteiger partial charge on any atom is -0.468 e. The van der Waals surface area contributed by atoms with Gasteiger partial charge in [0.05, 0.1) is 16.7 Å². The van der Waals surface area contributed by atoms with Crippen molar-refractivity contribution in [3.8, 4) is 17.5 Å². The summed E-state index contributed by atoms with van der Waals surface area (Å²) < 4.78 is 68.6. The number of nitrogens with zero attached hydrogens (tertiary/aromatic N) is 4. The largest absolute Gasteiger partial charge is 0.468 e. The molecule has 196 valence electrons. The average Bonchev–Trinajstić information content (AvgIpc) is 3.60. The number of nitro groups is 1. The Morgan fingerprint density at radius 2 is 1.86 bits per heavy atom. The van der Waals surface area contributed by atoms with E-state index < -0.39 is 81.7 Å². The van der Waals surface area contributed by atoms with Gasteiger partial charge in [0, 0.05) is 32.0 Å². The molecule has 17 heteroatoms. The summed E-state index contributed by atoms with van der Waals surface area (Å²) in [5, 5.41) is 19.8. The maximum Gasteiger partial charge on any atom is 0.431 e. The standard InChI is InChI=1S/C20H14F4N4O9/c1-26-14(20(22,23)24)8-15(29)27(18(26)32)11-7-13(12(28(33)34)6-10(11)21)37-19(2-3-19)17(31)36-9-16(30)35-5-4-25/h6-8H,2-3,5,9H2,1H3. The number of rotatable bonds is 8. The van der Waals surface area contributed by atoms with E-state index in [2.05, 4.69) is 4.74 Å². The third-order valence-corrected chi connectivity index (χ3v) is 5.08. The highest BCUT2D eigenvalue weighted by Gasteiger charge is 2.55. The Labute approximate surface area is 202 Å². The van der Waals surface area contributed by atoms with Crippen molar-refractivity contribution in [1.82, 2.24) is 9.13 Å². The van der Waals surface area contributed by atoms with E-state index in [0.29, 0.717) is 13.1 Å². The van der Waals surface area contributed by atoms with Gasteiger partial charge in [0.1, 0.15) is 11.8 Å². The Morgan fingerprint density at radius 1 is 1.22 bits per heavy atom. The molecular formula is C20H14F4N4O9. The maximum atomic E-state index is 14.8. The maximum absolute atomic E-state index is 14.8. The van der Waals surface area contributed by atoms with Crippen LogP contribution in [-0.2, 0) is 32.3 Å². The summed E-state index contributed by atoms with van der Waals surface area (Å²) in [6.07, 6.45) is -5.22. The molecule has 0 aliphatic heterocycles. The number of carbonyl (C=O) groups excluding carboxylic acids is 2. The Kier molecular flexibility index (Phi) is 7.05. The van der Waals surface area contributed by atoms with Gasteiger partial charge in [0.25, 0.3) is 5.56 Å². The van der Waals surface area contributed by atoms with E-state index >= 15 is 0 Å². The smallest absolute Gasteiger partial charge is 0.431 e. The minimum absolute atomic E-state index is 0.00422. The van der Waals surface area contributed by atoms with Crippen LogP contribution in [0.25, 0.3) is 5.69 Å². The van der Waals surface area contributed by atoms with Crippen molar-refractivity contribution in [2.45, 2.75) is 24.6 Å². The second-order valence-corrected chi connectivity index (χ2v) is 7.56. The van der Waals surface area contributed by atoms with Gasteiger partial charge in [0.15, 0.2) is 19.0 Å². The zero-order chi connectivity index (χ0) is 27.7. The summed E-state index contributed by atoms with van der Waals surface area (Å²) in [6, 6.07) is 2.32. The van der Waals surface area contributed by atoms with E-state index in [1.165, 1.54) is 6.07 Å². The summed E-state index contributed by atoms with van der Waals surface area (Å²) in [5.74, 6) is -4.56. The second-order valence-electron chi connectivity index (χ2n) is 7.56. The number of nitriles is 1. The molecule has 0 saturated heterocycles. The van der Waals surface area contributed by atoms with Crippen molar-refractivity contribution in [2.75, 3.05) is 13.2 Å². The molecule has 1 aliphatic carbocycles. The van der Waals surface area contributed by atoms with Crippen LogP contribution in [0.15, 0.2) is 27.8 Å². The fourth-order valence-electron chi connectivity index (χ4n) is 3.13. The molecule has 37 heavy (non-hydrogen) atoms. The highest BCUT2D eigenvalue weighted by molar-refractivity contribution is 5.85. The van der Waals surface area contributed by atoms with Gasteiger partial charge in [-0.1, -0.05) is 0 Å². The van der Waals surface area contributed by atoms with E-state index in [1.54, 1.807) is 0 Å². The summed E-state index contributed by atoms with van der Waals surface area (Å²) in [5.41, 5.74) is -8.70. The lowest BCUT2D eigenvalue weighted by Gasteiger charge is -2.18. The number of carbonyl (C=O) groups is 2. The van der Waals surface area contributed by atoms with Crippen LogP contribution >= 0.6 is 0 Å². The van der Waals surface area contributed by atoms with Crippen LogP contribution in [0.1, 0.15) is 18.5 Å². The first-order valence-corrected chi connectivity index (χ1v) is 9.99. The number of hydrogen-bond acceptors (Lipinski definition) is 10. The van der Waals surface area contributed by atoms with E-state index in [4.69, 9.17) is 14.7 Å². The molecule has 0 spiro atoms. The van der Waals surface area contributed by atoms with E-state index in [9.17, 15) is 46.9 Å². The van der Waals surface area contributed by atoms with Gasteiger partial charge in [-0.2, -0.15) is 18.4 Å². The third-order valence-electron chi connectivity index (χ3n) is 5.08. The summed E-state index contributed by atoms with van der Waals surface area (Å²) in [6.45, 7) is -1.52. The number of esters is 2. The molecule has 0 bridgehead atoms. The lowest BCUT2D eigenvalue weighted by atomic mass is 10.2. The van der Waals surface area contributed by atoms with Crippen molar-refractivity contribution in [3.63, 3.8) is 0 Å². The number of aromatic nitrogens is 2. The zero-order valence-electron chi connectivity index (χ0n) is 18.5. The Bertz CT molecular complexity index is 1450. The van der Waals surface area contributed by atoms with E-state index in [1.807, 2.05) is 0 Å². The molecule has 1 aliphatic rings. The van der Waals surface area contributed by atoms with Gasteiger partial charge in [-0.15, -0.1) is 0 Å². The van der Waals surface area contributed by atoms with Crippen molar-refractivity contribution < 1.29 is 46.3 Å². The van der Waals surface area contributed by atoms with Gasteiger partial charge in [-0.3, -0.25) is 19.5 Å². The van der Waals surface area contributed by atoms with E-state index in [-0.39, 0.29) is 34.1 Å². The predicted octanol–water partition coefficient (Wildman–Crippen LogP) is 1.12. The molecule has 13 nitrogen and oxygen atoms in total. The summed E-state index contributed by atoms with van der Waals surface area (Å²) in [7, 11) is 0.679. The fraction of sp³-hybridized carbons (Fsp3) is 0.350. The number of ether oxygens (including phenoxy) is 3. The molecule has 3 rings (SSSR count). The van der Waals surface area contributed by atoms with Crippen molar-refractivity contribution in [3.05, 3.63) is 60.7 Å². The Hall–Kier alpha value is -4.75. The number of benzene rings is 1. The van der Waals surface area contributed by atoms with Crippen LogP contribution in [0.3, 0.4) is 0 Å². The monoisotopic (exact) mass is 530 g/mol. The fourth-order valence-corrected chi connectivity index (χ4v) is 3.13. The van der Waals surface area contributed by atoms with Crippen LogP contribution in [0.4, 0.5) is 23.2 Å². The van der Waals surface area contributed by atoms with Gasteiger partial charge in [-0.05, 0) is 0 Å². The highest BCUT2D eigenvalue weighted by atomic mass is 19.4. The molecule has 1 heterocycles. The minimum atomic E-state index is -5.09. The predicted molar refractivity (Wildman–Crippen MR) is 109 cm³/mol. The molecule has 1 saturated carbocycles. The first-order chi connectivity index (χ1) is 17.2. The number of halogens is 4. The van der Waals surface area contributed by atoms with Crippen molar-refractivity contribution in [2.24, 2.45) is 7.05 Å². The first kappa shape index (κ1) is 26.8. The van der Waals surface area contributed by atoms with Crippen LogP contribution in [0.5, 0.6) is 5.75 Å². The molecule has 1 fully saturated rings. The molecular weight excluding hydrogens is 516 g/mol. The Morgan fingerprint density at radius 3 is 2.41 bits per heavy atom. The SMILES string of the molecule is Cn1c(C(F)(F)F)cc(=O)n(-c2cc(OC3(C(=O)OCC(=O)OCC#N)CC3)c([N+](=O)[O-])cc2F)c1=O. The van der Waals surface area contributed by atoms with Crippen LogP contribution in [0, 0.1) is 27.3 Å². The second kappa shape index (κ2) is 9.72. The van der Waals surface area contributed by atoms with Crippen LogP contribution in [-0.4, -0.2) is 44.8 Å². The lowest BCUT2D eigenvalue weighted by molar-refractivity contribution is -0.386. The van der Waals surface area contributed by atoms with Crippen LogP contribution in [0.2, 0.25) is 0 Å². The van der Waals surface area contributed by atoms with Crippen molar-refractivity contribution in [1.29, 1.82) is 5.26 Å². The van der Waals surface area contributed by atoms with Gasteiger partial charge in [0.2, 0.25) is 11.4 Å². The first-order valence-electron chi connectivity index (χ1n) is 9.99.